The Labute approximate surface area is 109 Å². The topological polar surface area (TPSA) is 41.7 Å². The number of likely N-dealkylation sites (N-methyl/N-ethyl adjacent to an activating group) is 1. The van der Waals surface area contributed by atoms with E-state index in [1.165, 1.54) is 12.1 Å². The lowest BCUT2D eigenvalue weighted by molar-refractivity contribution is 0.266. The molecule has 1 heterocycles. The lowest BCUT2D eigenvalue weighted by atomic mass is 10.2. The number of hydrogen-bond donors (Lipinski definition) is 1. The van der Waals surface area contributed by atoms with Crippen LogP contribution in [0.5, 0.6) is 5.75 Å². The maximum atomic E-state index is 5.87. The molecule has 0 spiro atoms. The zero-order valence-corrected chi connectivity index (χ0v) is 11.3. The number of nitrogens with two attached hydrogens (primary N) is 1. The predicted octanol–water partition coefficient (Wildman–Crippen LogP) is 1.16. The van der Waals surface area contributed by atoms with E-state index in [1.807, 2.05) is 12.1 Å². The van der Waals surface area contributed by atoms with E-state index in [-0.39, 0.29) is 0 Å². The third-order valence-electron chi connectivity index (χ3n) is 3.68. The number of hydrogen-bond acceptors (Lipinski definition) is 4. The first-order valence-electron chi connectivity index (χ1n) is 6.54. The van der Waals surface area contributed by atoms with Crippen molar-refractivity contribution in [2.75, 3.05) is 45.2 Å². The number of nitrogens with zero attached hydrogens (tertiary/aromatic N) is 2. The maximum absolute atomic E-state index is 5.87. The van der Waals surface area contributed by atoms with E-state index in [1.54, 1.807) is 7.11 Å². The number of ether oxygens (including phenoxy) is 1. The summed E-state index contributed by atoms with van der Waals surface area (Å²) >= 11 is 0. The molecule has 1 saturated heterocycles. The molecular weight excluding hydrogens is 226 g/mol. The van der Waals surface area contributed by atoms with Crippen molar-refractivity contribution in [1.29, 1.82) is 0 Å². The highest BCUT2D eigenvalue weighted by Gasteiger charge is 2.21. The molecule has 0 amide bonds. The summed E-state index contributed by atoms with van der Waals surface area (Å²) in [5.41, 5.74) is 7.09. The van der Waals surface area contributed by atoms with Crippen molar-refractivity contribution >= 4 is 5.69 Å². The van der Waals surface area contributed by atoms with E-state index in [0.29, 0.717) is 12.6 Å². The predicted molar refractivity (Wildman–Crippen MR) is 75.3 cm³/mol. The number of benzene rings is 1. The van der Waals surface area contributed by atoms with E-state index < -0.39 is 0 Å². The minimum atomic E-state index is 0.429. The molecule has 1 aromatic carbocycles. The van der Waals surface area contributed by atoms with Gasteiger partial charge in [0.2, 0.25) is 0 Å². The summed E-state index contributed by atoms with van der Waals surface area (Å²) < 4.78 is 5.29. The zero-order valence-electron chi connectivity index (χ0n) is 11.3. The van der Waals surface area contributed by atoms with Gasteiger partial charge in [-0.25, -0.2) is 0 Å². The summed E-state index contributed by atoms with van der Waals surface area (Å²) in [6, 6.07) is 8.69. The normalized spacial score (nSPS) is 21.7. The summed E-state index contributed by atoms with van der Waals surface area (Å²) in [6.45, 7) is 3.88. The second-order valence-electron chi connectivity index (χ2n) is 4.87. The Kier molecular flexibility index (Phi) is 4.44. The van der Waals surface area contributed by atoms with Crippen molar-refractivity contribution < 1.29 is 4.74 Å². The van der Waals surface area contributed by atoms with Gasteiger partial charge in [0.05, 0.1) is 7.11 Å². The second-order valence-corrected chi connectivity index (χ2v) is 4.87. The van der Waals surface area contributed by atoms with Crippen LogP contribution in [0.15, 0.2) is 24.3 Å². The molecule has 100 valence electrons. The summed E-state index contributed by atoms with van der Waals surface area (Å²) in [7, 11) is 3.87. The van der Waals surface area contributed by atoms with Gasteiger partial charge in [-0.3, -0.25) is 0 Å². The van der Waals surface area contributed by atoms with E-state index in [0.717, 1.165) is 25.4 Å². The van der Waals surface area contributed by atoms with Gasteiger partial charge in [0, 0.05) is 37.4 Å². The molecule has 1 aliphatic heterocycles. The van der Waals surface area contributed by atoms with Crippen LogP contribution in [0.25, 0.3) is 0 Å². The molecule has 1 unspecified atom stereocenters. The number of anilines is 1. The van der Waals surface area contributed by atoms with Crippen LogP contribution < -0.4 is 15.4 Å². The molecule has 0 aromatic heterocycles. The first-order chi connectivity index (χ1) is 8.74. The first kappa shape index (κ1) is 13.2. The number of rotatable bonds is 3. The van der Waals surface area contributed by atoms with Crippen LogP contribution in [-0.2, 0) is 0 Å². The van der Waals surface area contributed by atoms with Crippen LogP contribution in [-0.4, -0.2) is 51.3 Å². The fourth-order valence-electron chi connectivity index (χ4n) is 2.47. The van der Waals surface area contributed by atoms with Crippen LogP contribution in [0.4, 0.5) is 5.69 Å². The van der Waals surface area contributed by atoms with Crippen molar-refractivity contribution in [3.63, 3.8) is 0 Å². The van der Waals surface area contributed by atoms with Gasteiger partial charge in [0.1, 0.15) is 5.75 Å². The molecule has 2 N–H and O–H groups in total. The third kappa shape index (κ3) is 2.94. The summed E-state index contributed by atoms with van der Waals surface area (Å²) in [5.74, 6) is 0.911. The molecule has 0 radical (unpaired) electrons. The smallest absolute Gasteiger partial charge is 0.120 e. The summed E-state index contributed by atoms with van der Waals surface area (Å²) in [5, 5.41) is 0. The number of methoxy groups -OCH3 is 1. The Morgan fingerprint density at radius 2 is 2.22 bits per heavy atom. The molecule has 0 aliphatic carbocycles. The quantitative estimate of drug-likeness (QED) is 0.873. The average molecular weight is 249 g/mol. The Balaban J connectivity index is 2.15. The molecule has 1 fully saturated rings. The second kappa shape index (κ2) is 6.07. The van der Waals surface area contributed by atoms with Crippen molar-refractivity contribution in [2.45, 2.75) is 12.5 Å². The molecule has 1 aromatic rings. The van der Waals surface area contributed by atoms with Gasteiger partial charge in [0.15, 0.2) is 0 Å². The lowest BCUT2D eigenvalue weighted by Crippen LogP contribution is -2.43. The highest BCUT2D eigenvalue weighted by molar-refractivity contribution is 5.51. The van der Waals surface area contributed by atoms with Crippen molar-refractivity contribution in [3.8, 4) is 5.75 Å². The van der Waals surface area contributed by atoms with E-state index in [4.69, 9.17) is 10.5 Å². The molecule has 1 aliphatic rings. The van der Waals surface area contributed by atoms with Crippen molar-refractivity contribution in [3.05, 3.63) is 24.3 Å². The minimum absolute atomic E-state index is 0.429. The van der Waals surface area contributed by atoms with Crippen LogP contribution in [0.2, 0.25) is 0 Å². The molecule has 4 heteroatoms. The third-order valence-corrected chi connectivity index (χ3v) is 3.68. The standard InChI is InChI=1S/C14H23N3O/c1-16-7-4-8-17(11-13(16)10-15)12-5-3-6-14(9-12)18-2/h3,5-6,9,13H,4,7-8,10-11,15H2,1-2H3. The average Bonchev–Trinajstić information content (AvgIpc) is 2.60. The zero-order chi connectivity index (χ0) is 13.0. The van der Waals surface area contributed by atoms with Crippen LogP contribution in [0, 0.1) is 0 Å². The summed E-state index contributed by atoms with van der Waals surface area (Å²) in [6.07, 6.45) is 1.17. The van der Waals surface area contributed by atoms with Gasteiger partial charge < -0.3 is 20.3 Å². The summed E-state index contributed by atoms with van der Waals surface area (Å²) in [4.78, 5) is 4.77. The van der Waals surface area contributed by atoms with Crippen LogP contribution in [0.3, 0.4) is 0 Å². The van der Waals surface area contributed by atoms with Crippen molar-refractivity contribution in [2.24, 2.45) is 5.73 Å². The molecule has 1 atom stereocenters. The maximum Gasteiger partial charge on any atom is 0.120 e. The van der Waals surface area contributed by atoms with Crippen LogP contribution >= 0.6 is 0 Å². The molecule has 0 saturated carbocycles. The molecule has 2 rings (SSSR count). The Morgan fingerprint density at radius 1 is 1.39 bits per heavy atom. The SMILES string of the molecule is COc1cccc(N2CCCN(C)C(CN)C2)c1. The largest absolute Gasteiger partial charge is 0.497 e. The van der Waals surface area contributed by atoms with Crippen LogP contribution in [0.1, 0.15) is 6.42 Å². The Bertz CT molecular complexity index is 383. The van der Waals surface area contributed by atoms with Gasteiger partial charge in [-0.1, -0.05) is 6.07 Å². The van der Waals surface area contributed by atoms with Gasteiger partial charge in [-0.15, -0.1) is 0 Å². The van der Waals surface area contributed by atoms with Gasteiger partial charge in [-0.2, -0.15) is 0 Å². The molecule has 18 heavy (non-hydrogen) atoms. The van der Waals surface area contributed by atoms with E-state index in [9.17, 15) is 0 Å². The van der Waals surface area contributed by atoms with Crippen molar-refractivity contribution in [1.82, 2.24) is 4.90 Å². The van der Waals surface area contributed by atoms with Gasteiger partial charge in [-0.05, 0) is 32.1 Å². The fourth-order valence-corrected chi connectivity index (χ4v) is 2.47. The molecule has 0 bridgehead atoms. The van der Waals surface area contributed by atoms with E-state index in [2.05, 4.69) is 29.0 Å². The van der Waals surface area contributed by atoms with E-state index >= 15 is 0 Å². The lowest BCUT2D eigenvalue weighted by Gasteiger charge is -2.29. The minimum Gasteiger partial charge on any atom is -0.497 e. The highest BCUT2D eigenvalue weighted by Crippen LogP contribution is 2.23. The molecule has 4 nitrogen and oxygen atoms in total. The molecular formula is C14H23N3O. The highest BCUT2D eigenvalue weighted by atomic mass is 16.5. The van der Waals surface area contributed by atoms with Gasteiger partial charge >= 0.3 is 0 Å². The monoisotopic (exact) mass is 249 g/mol. The van der Waals surface area contributed by atoms with Gasteiger partial charge in [0.25, 0.3) is 0 Å². The Morgan fingerprint density at radius 3 is 2.94 bits per heavy atom. The Hall–Kier alpha value is -1.26. The first-order valence-corrected chi connectivity index (χ1v) is 6.54. The fraction of sp³-hybridized carbons (Fsp3) is 0.571.